The average molecular weight is 224 g/mol. The van der Waals surface area contributed by atoms with Crippen molar-refractivity contribution in [2.24, 2.45) is 0 Å². The predicted molar refractivity (Wildman–Crippen MR) is 53.8 cm³/mol. The van der Waals surface area contributed by atoms with E-state index in [9.17, 15) is 13.2 Å². The second-order valence-electron chi connectivity index (χ2n) is 4.44. The van der Waals surface area contributed by atoms with E-state index in [0.29, 0.717) is 19.1 Å². The first-order chi connectivity index (χ1) is 6.88. The summed E-state index contributed by atoms with van der Waals surface area (Å²) in [6, 6.07) is 0.382. The Bertz CT molecular complexity index is 192. The first-order valence-electron chi connectivity index (χ1n) is 5.42. The largest absolute Gasteiger partial charge is 0.401 e. The molecule has 1 rings (SSSR count). The molecule has 0 radical (unpaired) electrons. The molecular formula is C10H19F3N2. The van der Waals surface area contributed by atoms with E-state index in [4.69, 9.17) is 0 Å². The maximum atomic E-state index is 12.2. The minimum atomic E-state index is -4.07. The van der Waals surface area contributed by atoms with Gasteiger partial charge in [0.2, 0.25) is 0 Å². The molecule has 2 nitrogen and oxygen atoms in total. The lowest BCUT2D eigenvalue weighted by Gasteiger charge is -2.26. The number of hydrogen-bond acceptors (Lipinski definition) is 2. The van der Waals surface area contributed by atoms with Gasteiger partial charge in [-0.15, -0.1) is 0 Å². The van der Waals surface area contributed by atoms with Crippen molar-refractivity contribution < 1.29 is 13.2 Å². The second-order valence-corrected chi connectivity index (χ2v) is 4.44. The molecule has 1 aliphatic heterocycles. The van der Waals surface area contributed by atoms with Gasteiger partial charge in [0, 0.05) is 18.6 Å². The third kappa shape index (κ3) is 4.84. The third-order valence-electron chi connectivity index (χ3n) is 2.64. The molecule has 1 fully saturated rings. The summed E-state index contributed by atoms with van der Waals surface area (Å²) in [6.45, 7) is 4.47. The SMILES string of the molecule is CC(C)NCC1CCCN1CC(F)(F)F. The van der Waals surface area contributed by atoms with Gasteiger partial charge in [0.15, 0.2) is 0 Å². The van der Waals surface area contributed by atoms with Crippen LogP contribution in [0.4, 0.5) is 13.2 Å². The fourth-order valence-corrected chi connectivity index (χ4v) is 1.94. The van der Waals surface area contributed by atoms with Gasteiger partial charge in [-0.25, -0.2) is 0 Å². The van der Waals surface area contributed by atoms with Crippen molar-refractivity contribution in [2.75, 3.05) is 19.6 Å². The third-order valence-corrected chi connectivity index (χ3v) is 2.64. The van der Waals surface area contributed by atoms with Crippen molar-refractivity contribution in [1.29, 1.82) is 0 Å². The lowest BCUT2D eigenvalue weighted by atomic mass is 10.2. The molecule has 0 aromatic carbocycles. The van der Waals surface area contributed by atoms with Gasteiger partial charge in [-0.1, -0.05) is 13.8 Å². The minimum Gasteiger partial charge on any atom is -0.313 e. The number of rotatable bonds is 4. The van der Waals surface area contributed by atoms with Crippen LogP contribution in [0.25, 0.3) is 0 Å². The van der Waals surface area contributed by atoms with Gasteiger partial charge in [-0.05, 0) is 19.4 Å². The summed E-state index contributed by atoms with van der Waals surface area (Å²) in [4.78, 5) is 1.54. The number of nitrogens with one attached hydrogen (secondary N) is 1. The Labute approximate surface area is 88.8 Å². The minimum absolute atomic E-state index is 0.0500. The van der Waals surface area contributed by atoms with Crippen LogP contribution in [-0.4, -0.2) is 42.8 Å². The Morgan fingerprint density at radius 2 is 2.07 bits per heavy atom. The molecule has 0 aliphatic carbocycles. The summed E-state index contributed by atoms with van der Waals surface area (Å²) < 4.78 is 36.7. The van der Waals surface area contributed by atoms with Gasteiger partial charge in [-0.2, -0.15) is 13.2 Å². The highest BCUT2D eigenvalue weighted by Gasteiger charge is 2.35. The van der Waals surface area contributed by atoms with E-state index >= 15 is 0 Å². The van der Waals surface area contributed by atoms with Crippen molar-refractivity contribution in [2.45, 2.75) is 44.9 Å². The molecule has 0 aromatic rings. The summed E-state index contributed by atoms with van der Waals surface area (Å²) in [5.74, 6) is 0. The quantitative estimate of drug-likeness (QED) is 0.786. The molecule has 1 saturated heterocycles. The molecule has 0 bridgehead atoms. The van der Waals surface area contributed by atoms with Crippen LogP contribution < -0.4 is 5.32 Å². The molecule has 1 unspecified atom stereocenters. The second kappa shape index (κ2) is 5.16. The summed E-state index contributed by atoms with van der Waals surface area (Å²) in [6.07, 6.45) is -2.32. The van der Waals surface area contributed by atoms with Crippen LogP contribution in [0.15, 0.2) is 0 Å². The van der Waals surface area contributed by atoms with Gasteiger partial charge < -0.3 is 5.32 Å². The fraction of sp³-hybridized carbons (Fsp3) is 1.00. The molecule has 0 amide bonds. The molecular weight excluding hydrogens is 205 g/mol. The molecule has 1 atom stereocenters. The highest BCUT2D eigenvalue weighted by molar-refractivity contribution is 4.82. The summed E-state index contributed by atoms with van der Waals surface area (Å²) >= 11 is 0. The Morgan fingerprint density at radius 3 is 2.60 bits per heavy atom. The Hall–Kier alpha value is -0.290. The van der Waals surface area contributed by atoms with E-state index in [2.05, 4.69) is 5.32 Å². The number of likely N-dealkylation sites (tertiary alicyclic amines) is 1. The monoisotopic (exact) mass is 224 g/mol. The molecule has 90 valence electrons. The summed E-state index contributed by atoms with van der Waals surface area (Å²) in [5.41, 5.74) is 0. The van der Waals surface area contributed by atoms with E-state index in [0.717, 1.165) is 12.8 Å². The first kappa shape index (κ1) is 12.8. The lowest BCUT2D eigenvalue weighted by molar-refractivity contribution is -0.147. The molecule has 5 heteroatoms. The van der Waals surface area contributed by atoms with Crippen LogP contribution in [0, 0.1) is 0 Å². The lowest BCUT2D eigenvalue weighted by Crippen LogP contribution is -2.44. The number of nitrogens with zero attached hydrogens (tertiary/aromatic N) is 1. The maximum absolute atomic E-state index is 12.2. The van der Waals surface area contributed by atoms with Crippen LogP contribution in [0.1, 0.15) is 26.7 Å². The molecule has 0 spiro atoms. The molecule has 15 heavy (non-hydrogen) atoms. The van der Waals surface area contributed by atoms with Crippen molar-refractivity contribution >= 4 is 0 Å². The van der Waals surface area contributed by atoms with Crippen molar-refractivity contribution in [3.63, 3.8) is 0 Å². The van der Waals surface area contributed by atoms with Gasteiger partial charge in [0.1, 0.15) is 0 Å². The van der Waals surface area contributed by atoms with Crippen LogP contribution in [-0.2, 0) is 0 Å². The van der Waals surface area contributed by atoms with Gasteiger partial charge in [0.25, 0.3) is 0 Å². The Balaban J connectivity index is 2.36. The van der Waals surface area contributed by atoms with Gasteiger partial charge >= 0.3 is 6.18 Å². The number of hydrogen-bond donors (Lipinski definition) is 1. The molecule has 1 N–H and O–H groups in total. The zero-order valence-corrected chi connectivity index (χ0v) is 9.27. The zero-order chi connectivity index (χ0) is 11.5. The fourth-order valence-electron chi connectivity index (χ4n) is 1.94. The van der Waals surface area contributed by atoms with E-state index in [1.54, 1.807) is 0 Å². The maximum Gasteiger partial charge on any atom is 0.401 e. The summed E-state index contributed by atoms with van der Waals surface area (Å²) in [5, 5.41) is 3.19. The van der Waals surface area contributed by atoms with Crippen LogP contribution >= 0.6 is 0 Å². The number of alkyl halides is 3. The first-order valence-corrected chi connectivity index (χ1v) is 5.42. The standard InChI is InChI=1S/C10H19F3N2/c1-8(2)14-6-9-4-3-5-15(9)7-10(11,12)13/h8-9,14H,3-7H2,1-2H3. The zero-order valence-electron chi connectivity index (χ0n) is 9.27. The topological polar surface area (TPSA) is 15.3 Å². The van der Waals surface area contributed by atoms with E-state index in [1.165, 1.54) is 4.90 Å². The molecule has 1 aliphatic rings. The molecule has 1 heterocycles. The number of halogens is 3. The van der Waals surface area contributed by atoms with E-state index in [1.807, 2.05) is 13.8 Å². The summed E-state index contributed by atoms with van der Waals surface area (Å²) in [7, 11) is 0. The normalized spacial score (nSPS) is 24.0. The van der Waals surface area contributed by atoms with E-state index in [-0.39, 0.29) is 6.04 Å². The highest BCUT2D eigenvalue weighted by atomic mass is 19.4. The predicted octanol–water partition coefficient (Wildman–Crippen LogP) is 2.01. The van der Waals surface area contributed by atoms with Gasteiger partial charge in [-0.3, -0.25) is 4.90 Å². The molecule has 0 saturated carbocycles. The van der Waals surface area contributed by atoms with Crippen molar-refractivity contribution in [3.8, 4) is 0 Å². The van der Waals surface area contributed by atoms with E-state index < -0.39 is 12.7 Å². The van der Waals surface area contributed by atoms with Gasteiger partial charge in [0.05, 0.1) is 6.54 Å². The molecule has 0 aromatic heterocycles. The highest BCUT2D eigenvalue weighted by Crippen LogP contribution is 2.23. The average Bonchev–Trinajstić information content (AvgIpc) is 2.45. The van der Waals surface area contributed by atoms with Crippen LogP contribution in [0.3, 0.4) is 0 Å². The van der Waals surface area contributed by atoms with Crippen molar-refractivity contribution in [1.82, 2.24) is 10.2 Å². The Kier molecular flexibility index (Phi) is 4.40. The smallest absolute Gasteiger partial charge is 0.313 e. The van der Waals surface area contributed by atoms with Crippen LogP contribution in [0.2, 0.25) is 0 Å². The van der Waals surface area contributed by atoms with Crippen molar-refractivity contribution in [3.05, 3.63) is 0 Å². The van der Waals surface area contributed by atoms with Crippen LogP contribution in [0.5, 0.6) is 0 Å². The Morgan fingerprint density at radius 1 is 1.40 bits per heavy atom.